The minimum absolute atomic E-state index is 0.00320. The Labute approximate surface area is 125 Å². The predicted octanol–water partition coefficient (Wildman–Crippen LogP) is 2.06. The maximum atomic E-state index is 12.4. The van der Waals surface area contributed by atoms with Crippen LogP contribution in [0.15, 0.2) is 18.5 Å². The average molecular weight is 290 g/mol. The summed E-state index contributed by atoms with van der Waals surface area (Å²) in [5.74, 6) is -0.365. The fraction of sp³-hybridized carbons (Fsp3) is 0.625. The number of aromatic nitrogens is 1. The lowest BCUT2D eigenvalue weighted by Crippen LogP contribution is -2.44. The number of ether oxygens (including phenoxy) is 2. The van der Waals surface area contributed by atoms with Crippen LogP contribution < -0.4 is 5.32 Å². The lowest BCUT2D eigenvalue weighted by atomic mass is 9.90. The van der Waals surface area contributed by atoms with Crippen LogP contribution >= 0.6 is 0 Å². The van der Waals surface area contributed by atoms with E-state index in [1.165, 1.54) is 0 Å². The molecule has 1 aliphatic carbocycles. The molecule has 0 aromatic carbocycles. The predicted molar refractivity (Wildman–Crippen MR) is 78.0 cm³/mol. The number of rotatable bonds is 3. The molecular formula is C16H22N2O3. The van der Waals surface area contributed by atoms with E-state index in [1.54, 1.807) is 18.5 Å². The first-order valence-electron chi connectivity index (χ1n) is 7.74. The van der Waals surface area contributed by atoms with Gasteiger partial charge in [0.25, 0.3) is 5.91 Å². The van der Waals surface area contributed by atoms with Gasteiger partial charge < -0.3 is 14.8 Å². The Morgan fingerprint density at radius 1 is 1.38 bits per heavy atom. The third-order valence-corrected chi connectivity index (χ3v) is 4.43. The second-order valence-corrected chi connectivity index (χ2v) is 5.74. The largest absolute Gasteiger partial charge is 0.349 e. The van der Waals surface area contributed by atoms with Crippen LogP contribution in [-0.2, 0) is 15.9 Å². The Morgan fingerprint density at radius 3 is 2.76 bits per heavy atom. The molecule has 5 nitrogen and oxygen atoms in total. The summed E-state index contributed by atoms with van der Waals surface area (Å²) in [7, 11) is 0. The van der Waals surface area contributed by atoms with E-state index in [0.29, 0.717) is 13.2 Å². The summed E-state index contributed by atoms with van der Waals surface area (Å²) in [4.78, 5) is 16.5. The quantitative estimate of drug-likeness (QED) is 0.925. The van der Waals surface area contributed by atoms with Gasteiger partial charge in [-0.15, -0.1) is 0 Å². The van der Waals surface area contributed by atoms with Crippen LogP contribution in [0.3, 0.4) is 0 Å². The maximum Gasteiger partial charge on any atom is 0.251 e. The fourth-order valence-corrected chi connectivity index (χ4v) is 3.18. The summed E-state index contributed by atoms with van der Waals surface area (Å²) in [5.41, 5.74) is 1.73. The van der Waals surface area contributed by atoms with Crippen LogP contribution in [0.2, 0.25) is 0 Å². The number of carbonyl (C=O) groups is 1. The van der Waals surface area contributed by atoms with Crippen molar-refractivity contribution in [3.8, 4) is 0 Å². The van der Waals surface area contributed by atoms with Gasteiger partial charge in [-0.1, -0.05) is 6.92 Å². The molecule has 1 spiro atoms. The van der Waals surface area contributed by atoms with Crippen molar-refractivity contribution >= 4 is 5.91 Å². The lowest BCUT2D eigenvalue weighted by molar-refractivity contribution is -0.179. The van der Waals surface area contributed by atoms with E-state index in [-0.39, 0.29) is 17.7 Å². The smallest absolute Gasteiger partial charge is 0.251 e. The van der Waals surface area contributed by atoms with E-state index in [0.717, 1.165) is 43.2 Å². The molecule has 1 aromatic heterocycles. The van der Waals surface area contributed by atoms with Gasteiger partial charge in [0.1, 0.15) is 0 Å². The molecule has 0 atom stereocenters. The molecule has 1 amide bonds. The second kappa shape index (κ2) is 6.12. The van der Waals surface area contributed by atoms with E-state index in [9.17, 15) is 4.79 Å². The molecule has 2 fully saturated rings. The number of hydrogen-bond donors (Lipinski definition) is 1. The van der Waals surface area contributed by atoms with Crippen molar-refractivity contribution in [1.29, 1.82) is 0 Å². The minimum Gasteiger partial charge on any atom is -0.349 e. The molecular weight excluding hydrogens is 268 g/mol. The Balaban J connectivity index is 1.59. The van der Waals surface area contributed by atoms with E-state index in [4.69, 9.17) is 9.47 Å². The molecule has 1 aliphatic heterocycles. The van der Waals surface area contributed by atoms with Gasteiger partial charge in [0, 0.05) is 36.8 Å². The summed E-state index contributed by atoms with van der Waals surface area (Å²) >= 11 is 0. The summed E-state index contributed by atoms with van der Waals surface area (Å²) < 4.78 is 11.4. The van der Waals surface area contributed by atoms with E-state index in [1.807, 2.05) is 6.92 Å². The molecule has 1 N–H and O–H groups in total. The average Bonchev–Trinajstić information content (AvgIpc) is 2.98. The molecule has 2 heterocycles. The van der Waals surface area contributed by atoms with Crippen LogP contribution in [0, 0.1) is 0 Å². The number of carbonyl (C=O) groups excluding carboxylic acids is 1. The molecule has 1 saturated carbocycles. The Kier molecular flexibility index (Phi) is 4.22. The van der Waals surface area contributed by atoms with Crippen molar-refractivity contribution in [1.82, 2.24) is 10.3 Å². The molecule has 3 rings (SSSR count). The second-order valence-electron chi connectivity index (χ2n) is 5.74. The molecule has 1 aromatic rings. The fourth-order valence-electron chi connectivity index (χ4n) is 3.18. The Hall–Kier alpha value is -1.46. The van der Waals surface area contributed by atoms with Crippen molar-refractivity contribution in [3.05, 3.63) is 29.6 Å². The molecule has 21 heavy (non-hydrogen) atoms. The van der Waals surface area contributed by atoms with Crippen molar-refractivity contribution < 1.29 is 14.3 Å². The number of nitrogens with one attached hydrogen (secondary N) is 1. The maximum absolute atomic E-state index is 12.4. The first-order chi connectivity index (χ1) is 10.2. The summed E-state index contributed by atoms with van der Waals surface area (Å²) in [6.45, 7) is 3.41. The van der Waals surface area contributed by atoms with Gasteiger partial charge >= 0.3 is 0 Å². The molecule has 1 saturated heterocycles. The number of amides is 1. The highest BCUT2D eigenvalue weighted by Crippen LogP contribution is 2.35. The molecule has 0 unspecified atom stereocenters. The van der Waals surface area contributed by atoms with E-state index in [2.05, 4.69) is 10.3 Å². The molecule has 5 heteroatoms. The van der Waals surface area contributed by atoms with Gasteiger partial charge in [-0.05, 0) is 30.9 Å². The standard InChI is InChI=1S/C16H22N2O3/c1-2-12-11-17-8-5-14(12)15(19)18-13-3-6-16(7-4-13)20-9-10-21-16/h5,8,11,13H,2-4,6-7,9-10H2,1H3,(H,18,19). The van der Waals surface area contributed by atoms with Gasteiger partial charge in [0.15, 0.2) is 5.79 Å². The topological polar surface area (TPSA) is 60.5 Å². The van der Waals surface area contributed by atoms with Gasteiger partial charge in [0.2, 0.25) is 0 Å². The zero-order valence-electron chi connectivity index (χ0n) is 12.4. The first kappa shape index (κ1) is 14.5. The SMILES string of the molecule is CCc1cnccc1C(=O)NC1CCC2(CC1)OCCO2. The summed E-state index contributed by atoms with van der Waals surface area (Å²) in [6, 6.07) is 2.00. The van der Waals surface area contributed by atoms with E-state index >= 15 is 0 Å². The van der Waals surface area contributed by atoms with Crippen LogP contribution in [0.25, 0.3) is 0 Å². The Morgan fingerprint density at radius 2 is 2.10 bits per heavy atom. The van der Waals surface area contributed by atoms with Crippen molar-refractivity contribution in [2.24, 2.45) is 0 Å². The lowest BCUT2D eigenvalue weighted by Gasteiger charge is -2.35. The van der Waals surface area contributed by atoms with Gasteiger partial charge in [-0.3, -0.25) is 9.78 Å². The highest BCUT2D eigenvalue weighted by Gasteiger charge is 2.40. The van der Waals surface area contributed by atoms with Gasteiger partial charge in [0.05, 0.1) is 13.2 Å². The third-order valence-electron chi connectivity index (χ3n) is 4.43. The van der Waals surface area contributed by atoms with Crippen LogP contribution in [0.1, 0.15) is 48.5 Å². The number of nitrogens with zero attached hydrogens (tertiary/aromatic N) is 1. The number of hydrogen-bond acceptors (Lipinski definition) is 4. The highest BCUT2D eigenvalue weighted by atomic mass is 16.7. The van der Waals surface area contributed by atoms with Gasteiger partial charge in [-0.2, -0.15) is 0 Å². The Bertz CT molecular complexity index is 502. The molecule has 114 valence electrons. The number of aryl methyl sites for hydroxylation is 1. The van der Waals surface area contributed by atoms with Crippen LogP contribution in [-0.4, -0.2) is 35.9 Å². The molecule has 2 aliphatic rings. The number of pyridine rings is 1. The normalized spacial score (nSPS) is 21.6. The van der Waals surface area contributed by atoms with Crippen molar-refractivity contribution in [2.75, 3.05) is 13.2 Å². The molecule has 0 radical (unpaired) electrons. The zero-order valence-corrected chi connectivity index (χ0v) is 12.4. The minimum atomic E-state index is -0.369. The third kappa shape index (κ3) is 3.09. The highest BCUT2D eigenvalue weighted by molar-refractivity contribution is 5.95. The zero-order chi connectivity index (χ0) is 14.7. The van der Waals surface area contributed by atoms with Crippen LogP contribution in [0.5, 0.6) is 0 Å². The monoisotopic (exact) mass is 290 g/mol. The van der Waals surface area contributed by atoms with E-state index < -0.39 is 0 Å². The van der Waals surface area contributed by atoms with Gasteiger partial charge in [-0.25, -0.2) is 0 Å². The first-order valence-corrected chi connectivity index (χ1v) is 7.74. The summed E-state index contributed by atoms with van der Waals surface area (Å²) in [6.07, 6.45) is 7.77. The summed E-state index contributed by atoms with van der Waals surface area (Å²) in [5, 5.41) is 3.14. The molecule has 0 bridgehead atoms. The van der Waals surface area contributed by atoms with Crippen LogP contribution in [0.4, 0.5) is 0 Å². The van der Waals surface area contributed by atoms with Crippen molar-refractivity contribution in [3.63, 3.8) is 0 Å². The van der Waals surface area contributed by atoms with Crippen molar-refractivity contribution in [2.45, 2.75) is 50.9 Å².